The average molecular weight is 523 g/mol. The molecular formula is C22H23FN4O6S2. The van der Waals surface area contributed by atoms with Crippen molar-refractivity contribution < 1.29 is 31.1 Å². The van der Waals surface area contributed by atoms with Gasteiger partial charge in [-0.1, -0.05) is 18.2 Å². The second-order valence-corrected chi connectivity index (χ2v) is 10.8. The van der Waals surface area contributed by atoms with Gasteiger partial charge in [0.25, 0.3) is 5.91 Å². The summed E-state index contributed by atoms with van der Waals surface area (Å²) < 4.78 is 63.5. The molecule has 1 amide bonds. The van der Waals surface area contributed by atoms with E-state index in [9.17, 15) is 26.2 Å². The fraction of sp³-hybridized carbons (Fsp3) is 0.273. The lowest BCUT2D eigenvalue weighted by Crippen LogP contribution is -2.50. The van der Waals surface area contributed by atoms with Crippen LogP contribution in [0.3, 0.4) is 0 Å². The van der Waals surface area contributed by atoms with Gasteiger partial charge in [-0.2, -0.15) is 4.31 Å². The second-order valence-electron chi connectivity index (χ2n) is 8.24. The molecule has 13 heteroatoms. The Bertz CT molecular complexity index is 1390. The Morgan fingerprint density at radius 2 is 1.94 bits per heavy atom. The smallest absolute Gasteiger partial charge is 0.253 e. The van der Waals surface area contributed by atoms with Crippen LogP contribution in [0.15, 0.2) is 52.9 Å². The van der Waals surface area contributed by atoms with Crippen molar-refractivity contribution in [2.24, 2.45) is 4.99 Å². The largest absolute Gasteiger partial charge is 0.308 e. The fourth-order valence-electron chi connectivity index (χ4n) is 4.08. The third-order valence-electron chi connectivity index (χ3n) is 6.00. The number of nitrogens with one attached hydrogen (secondary N) is 2. The number of thiol groups is 1. The van der Waals surface area contributed by atoms with Crippen LogP contribution >= 0.6 is 0 Å². The summed E-state index contributed by atoms with van der Waals surface area (Å²) in [6.45, 7) is 1.94. The summed E-state index contributed by atoms with van der Waals surface area (Å²) in [5.74, 6) is -0.0500. The molecular weight excluding hydrogens is 499 g/mol. The zero-order valence-electron chi connectivity index (χ0n) is 18.6. The maximum Gasteiger partial charge on any atom is 0.253 e. The molecule has 0 bridgehead atoms. The van der Waals surface area contributed by atoms with E-state index < -0.39 is 26.5 Å². The van der Waals surface area contributed by atoms with Crippen molar-refractivity contribution in [3.8, 4) is 5.75 Å². The van der Waals surface area contributed by atoms with Gasteiger partial charge in [-0.05, 0) is 61.2 Å². The van der Waals surface area contributed by atoms with Gasteiger partial charge in [0.1, 0.15) is 11.4 Å². The van der Waals surface area contributed by atoms with Gasteiger partial charge in [0, 0.05) is 34.3 Å². The molecule has 2 aromatic rings. The number of hydrogen-bond donors (Lipinski definition) is 3. The van der Waals surface area contributed by atoms with Crippen molar-refractivity contribution >= 4 is 44.4 Å². The minimum Gasteiger partial charge on any atom is -0.308 e. The van der Waals surface area contributed by atoms with Crippen LogP contribution in [0.25, 0.3) is 6.08 Å². The molecule has 4 rings (SSSR count). The molecule has 0 aliphatic carbocycles. The SMILES string of the molecule is Cc1cc(N[SH](=O)=O)ccc1/C=C/S(=O)(=O)N1CCC2(CC1)N=C(c1cccc(OF)c1)NC2=O. The van der Waals surface area contributed by atoms with Crippen molar-refractivity contribution in [3.63, 3.8) is 0 Å². The lowest BCUT2D eigenvalue weighted by molar-refractivity contribution is -0.124. The predicted molar refractivity (Wildman–Crippen MR) is 129 cm³/mol. The van der Waals surface area contributed by atoms with Gasteiger partial charge in [0.2, 0.25) is 20.9 Å². The summed E-state index contributed by atoms with van der Waals surface area (Å²) >= 11 is 0. The van der Waals surface area contributed by atoms with Crippen LogP contribution in [-0.2, 0) is 25.7 Å². The molecule has 35 heavy (non-hydrogen) atoms. The van der Waals surface area contributed by atoms with Gasteiger partial charge in [-0.3, -0.25) is 19.5 Å². The van der Waals surface area contributed by atoms with Crippen LogP contribution in [0.2, 0.25) is 0 Å². The van der Waals surface area contributed by atoms with Crippen LogP contribution in [0.4, 0.5) is 10.2 Å². The molecule has 1 spiro atoms. The molecule has 186 valence electrons. The van der Waals surface area contributed by atoms with E-state index in [1.807, 2.05) is 0 Å². The Kier molecular flexibility index (Phi) is 6.92. The Morgan fingerprint density at radius 1 is 1.20 bits per heavy atom. The molecule has 2 heterocycles. The van der Waals surface area contributed by atoms with Gasteiger partial charge in [0.15, 0.2) is 5.75 Å². The summed E-state index contributed by atoms with van der Waals surface area (Å²) in [7, 11) is -6.56. The molecule has 1 saturated heterocycles. The van der Waals surface area contributed by atoms with Crippen molar-refractivity contribution in [3.05, 3.63) is 64.6 Å². The number of benzene rings is 2. The number of carbonyl (C=O) groups is 1. The number of hydrogen-bond acceptors (Lipinski definition) is 7. The average Bonchev–Trinajstić information content (AvgIpc) is 3.14. The van der Waals surface area contributed by atoms with Crippen LogP contribution in [0.1, 0.15) is 29.5 Å². The number of amidine groups is 1. The highest BCUT2D eigenvalue weighted by Crippen LogP contribution is 2.33. The first-order valence-corrected chi connectivity index (χ1v) is 13.3. The highest BCUT2D eigenvalue weighted by Gasteiger charge is 2.47. The van der Waals surface area contributed by atoms with E-state index in [0.29, 0.717) is 28.2 Å². The summed E-state index contributed by atoms with van der Waals surface area (Å²) in [5.41, 5.74) is 1.11. The number of anilines is 1. The first-order chi connectivity index (χ1) is 16.6. The van der Waals surface area contributed by atoms with Crippen molar-refractivity contribution in [1.29, 1.82) is 0 Å². The molecule has 0 saturated carbocycles. The molecule has 1 fully saturated rings. The Morgan fingerprint density at radius 3 is 2.60 bits per heavy atom. The number of aliphatic imine (C=N–C) groups is 1. The molecule has 0 unspecified atom stereocenters. The molecule has 0 radical (unpaired) electrons. The normalized spacial score (nSPS) is 18.1. The Labute approximate surface area is 203 Å². The lowest BCUT2D eigenvalue weighted by atomic mass is 9.89. The molecule has 2 aliphatic rings. The molecule has 2 aromatic carbocycles. The number of amides is 1. The van der Waals surface area contributed by atoms with Crippen molar-refractivity contribution in [1.82, 2.24) is 9.62 Å². The molecule has 0 aromatic heterocycles. The molecule has 2 aliphatic heterocycles. The van der Waals surface area contributed by atoms with Gasteiger partial charge in [-0.25, -0.2) is 16.8 Å². The van der Waals surface area contributed by atoms with Crippen molar-refractivity contribution in [2.75, 3.05) is 17.8 Å². The number of piperidine rings is 1. The monoisotopic (exact) mass is 522 g/mol. The van der Waals surface area contributed by atoms with E-state index in [0.717, 1.165) is 5.41 Å². The number of carbonyl (C=O) groups excluding carboxylic acids is 1. The quantitative estimate of drug-likeness (QED) is 0.476. The van der Waals surface area contributed by atoms with Crippen LogP contribution in [0.5, 0.6) is 5.75 Å². The molecule has 10 nitrogen and oxygen atoms in total. The predicted octanol–water partition coefficient (Wildman–Crippen LogP) is 1.91. The minimum atomic E-state index is -3.76. The zero-order valence-corrected chi connectivity index (χ0v) is 20.3. The number of halogens is 1. The van der Waals surface area contributed by atoms with E-state index in [-0.39, 0.29) is 37.6 Å². The summed E-state index contributed by atoms with van der Waals surface area (Å²) in [6.07, 6.45) is 1.84. The minimum absolute atomic E-state index is 0.0184. The highest BCUT2D eigenvalue weighted by atomic mass is 32.2. The van der Waals surface area contributed by atoms with E-state index in [4.69, 9.17) is 0 Å². The number of rotatable bonds is 7. The fourth-order valence-corrected chi connectivity index (χ4v) is 5.61. The zero-order chi connectivity index (χ0) is 25.2. The third-order valence-corrected chi connectivity index (χ3v) is 8.00. The second kappa shape index (κ2) is 9.76. The first kappa shape index (κ1) is 24.8. The van der Waals surface area contributed by atoms with Crippen LogP contribution in [0, 0.1) is 6.92 Å². The standard InChI is InChI=1S/C22H23FN4O6S2/c1-15-13-18(26-34(29)30)6-5-16(15)7-12-35(31,32)27-10-8-22(9-11-27)21(28)24-20(25-22)17-3-2-4-19(14-17)33-23/h2-7,12-14,34H,8-11H2,1H3,(H,24,25,28)(H,26,29,30)/b12-7+. The van der Waals surface area contributed by atoms with E-state index in [1.165, 1.54) is 22.5 Å². The number of aryl methyl sites for hydroxylation is 1. The molecule has 0 atom stereocenters. The Hall–Kier alpha value is -3.29. The topological polar surface area (TPSA) is 134 Å². The molecule has 2 N–H and O–H groups in total. The lowest BCUT2D eigenvalue weighted by Gasteiger charge is -2.34. The Balaban J connectivity index is 1.46. The van der Waals surface area contributed by atoms with Crippen LogP contribution < -0.4 is 15.0 Å². The maximum atomic E-state index is 12.9. The van der Waals surface area contributed by atoms with E-state index in [2.05, 4.69) is 20.0 Å². The van der Waals surface area contributed by atoms with Gasteiger partial charge >= 0.3 is 0 Å². The maximum absolute atomic E-state index is 12.9. The third kappa shape index (κ3) is 5.36. The summed E-state index contributed by atoms with van der Waals surface area (Å²) in [4.78, 5) is 21.0. The van der Waals surface area contributed by atoms with Gasteiger partial charge < -0.3 is 5.32 Å². The van der Waals surface area contributed by atoms with Crippen LogP contribution in [-0.4, -0.2) is 51.5 Å². The first-order valence-electron chi connectivity index (χ1n) is 10.6. The highest BCUT2D eigenvalue weighted by molar-refractivity contribution is 7.92. The summed E-state index contributed by atoms with van der Waals surface area (Å²) in [6, 6.07) is 10.8. The van der Waals surface area contributed by atoms with E-state index in [1.54, 1.807) is 37.3 Å². The number of sulfonamides is 1. The van der Waals surface area contributed by atoms with Crippen molar-refractivity contribution in [2.45, 2.75) is 25.3 Å². The van der Waals surface area contributed by atoms with E-state index >= 15 is 0 Å². The van der Waals surface area contributed by atoms with Gasteiger partial charge in [0.05, 0.1) is 0 Å². The van der Waals surface area contributed by atoms with Gasteiger partial charge in [-0.15, -0.1) is 0 Å². The number of nitrogens with zero attached hydrogens (tertiary/aromatic N) is 2. The summed E-state index contributed by atoms with van der Waals surface area (Å²) in [5, 5.41) is 3.81.